The van der Waals surface area contributed by atoms with Gasteiger partial charge in [-0.25, -0.2) is 4.98 Å². The molecule has 0 aliphatic carbocycles. The molecule has 1 heterocycles. The highest BCUT2D eigenvalue weighted by atomic mass is 16.6. The Hall–Kier alpha value is -3.93. The van der Waals surface area contributed by atoms with Crippen LogP contribution in [0.1, 0.15) is 0 Å². The zero-order chi connectivity index (χ0) is 18.8. The molecule has 0 saturated heterocycles. The SMILES string of the molecule is O=[N+]([O-])c1cccc(-c2nc(-c3ccccc3)c(-c3ccccc3)n2O)c1. The molecule has 0 amide bonds. The first-order valence-electron chi connectivity index (χ1n) is 8.33. The van der Waals surface area contributed by atoms with Gasteiger partial charge in [-0.15, -0.1) is 0 Å². The molecule has 1 N–H and O–H groups in total. The van der Waals surface area contributed by atoms with E-state index in [0.29, 0.717) is 17.0 Å². The van der Waals surface area contributed by atoms with E-state index in [9.17, 15) is 15.3 Å². The van der Waals surface area contributed by atoms with E-state index < -0.39 is 4.92 Å². The van der Waals surface area contributed by atoms with Crippen molar-refractivity contribution in [2.24, 2.45) is 0 Å². The van der Waals surface area contributed by atoms with E-state index in [1.165, 1.54) is 12.1 Å². The fourth-order valence-corrected chi connectivity index (χ4v) is 3.01. The van der Waals surface area contributed by atoms with Gasteiger partial charge in [-0.3, -0.25) is 10.1 Å². The molecule has 0 saturated carbocycles. The van der Waals surface area contributed by atoms with Crippen molar-refractivity contribution in [1.29, 1.82) is 0 Å². The quantitative estimate of drug-likeness (QED) is 0.315. The summed E-state index contributed by atoms with van der Waals surface area (Å²) in [6, 6.07) is 25.0. The average molecular weight is 357 g/mol. The fraction of sp³-hybridized carbons (Fsp3) is 0. The largest absolute Gasteiger partial charge is 0.426 e. The van der Waals surface area contributed by atoms with Crippen molar-refractivity contribution in [2.75, 3.05) is 0 Å². The second-order valence-corrected chi connectivity index (χ2v) is 5.98. The van der Waals surface area contributed by atoms with Crippen LogP contribution in [0.4, 0.5) is 5.69 Å². The van der Waals surface area contributed by atoms with Crippen LogP contribution in [0.15, 0.2) is 84.9 Å². The van der Waals surface area contributed by atoms with Crippen LogP contribution in [0.2, 0.25) is 0 Å². The minimum absolute atomic E-state index is 0.0574. The van der Waals surface area contributed by atoms with Gasteiger partial charge in [-0.1, -0.05) is 72.8 Å². The molecule has 3 aromatic carbocycles. The standard InChI is InChI=1S/C21H15N3O3/c25-23-20(16-10-5-2-6-11-16)19(15-8-3-1-4-9-15)22-21(23)17-12-7-13-18(14-17)24(26)27/h1-14,25H. The van der Waals surface area contributed by atoms with Gasteiger partial charge in [0.15, 0.2) is 5.82 Å². The molecule has 0 fully saturated rings. The number of hydrogen-bond donors (Lipinski definition) is 1. The third-order valence-corrected chi connectivity index (χ3v) is 4.26. The molecule has 0 aliphatic rings. The Morgan fingerprint density at radius 3 is 2.04 bits per heavy atom. The summed E-state index contributed by atoms with van der Waals surface area (Å²) in [6.45, 7) is 0. The topological polar surface area (TPSA) is 81.2 Å². The number of non-ortho nitro benzene ring substituents is 1. The number of rotatable bonds is 4. The van der Waals surface area contributed by atoms with Gasteiger partial charge in [0.25, 0.3) is 5.69 Å². The summed E-state index contributed by atoms with van der Waals surface area (Å²) in [7, 11) is 0. The Kier molecular flexibility index (Phi) is 4.14. The van der Waals surface area contributed by atoms with Crippen LogP contribution in [-0.4, -0.2) is 19.8 Å². The molecule has 0 aliphatic heterocycles. The Morgan fingerprint density at radius 2 is 1.41 bits per heavy atom. The van der Waals surface area contributed by atoms with Crippen molar-refractivity contribution >= 4 is 5.69 Å². The number of benzene rings is 3. The van der Waals surface area contributed by atoms with Crippen LogP contribution in [0, 0.1) is 10.1 Å². The number of aromatic nitrogens is 2. The first kappa shape index (κ1) is 16.5. The van der Waals surface area contributed by atoms with Crippen LogP contribution in [-0.2, 0) is 0 Å². The maximum absolute atomic E-state index is 11.1. The van der Waals surface area contributed by atoms with Gasteiger partial charge in [0.05, 0.1) is 4.92 Å². The second kappa shape index (κ2) is 6.76. The summed E-state index contributed by atoms with van der Waals surface area (Å²) < 4.78 is 0.997. The molecule has 0 spiro atoms. The molecule has 4 rings (SSSR count). The van der Waals surface area contributed by atoms with Gasteiger partial charge < -0.3 is 5.21 Å². The predicted octanol–water partition coefficient (Wildman–Crippen LogP) is 5.03. The van der Waals surface area contributed by atoms with Gasteiger partial charge in [0, 0.05) is 28.8 Å². The van der Waals surface area contributed by atoms with Gasteiger partial charge in [0.2, 0.25) is 0 Å². The smallest absolute Gasteiger partial charge is 0.270 e. The molecule has 0 radical (unpaired) electrons. The number of imidazole rings is 1. The molecule has 0 bridgehead atoms. The Labute approximate surface area is 155 Å². The van der Waals surface area contributed by atoms with Crippen LogP contribution < -0.4 is 0 Å². The van der Waals surface area contributed by atoms with E-state index in [1.807, 2.05) is 60.7 Å². The van der Waals surface area contributed by atoms with Crippen molar-refractivity contribution in [3.05, 3.63) is 95.0 Å². The molecule has 0 atom stereocenters. The van der Waals surface area contributed by atoms with E-state index in [2.05, 4.69) is 4.98 Å². The van der Waals surface area contributed by atoms with Crippen molar-refractivity contribution < 1.29 is 10.1 Å². The van der Waals surface area contributed by atoms with Crippen LogP contribution in [0.25, 0.3) is 33.9 Å². The van der Waals surface area contributed by atoms with Gasteiger partial charge in [0.1, 0.15) is 11.4 Å². The van der Waals surface area contributed by atoms with E-state index in [4.69, 9.17) is 0 Å². The third-order valence-electron chi connectivity index (χ3n) is 4.26. The van der Waals surface area contributed by atoms with E-state index >= 15 is 0 Å². The maximum atomic E-state index is 11.1. The van der Waals surface area contributed by atoms with Crippen molar-refractivity contribution in [3.8, 4) is 33.9 Å². The first-order chi connectivity index (χ1) is 13.1. The van der Waals surface area contributed by atoms with Crippen LogP contribution in [0.5, 0.6) is 0 Å². The first-order valence-corrected chi connectivity index (χ1v) is 8.33. The fourth-order valence-electron chi connectivity index (χ4n) is 3.01. The lowest BCUT2D eigenvalue weighted by molar-refractivity contribution is -0.384. The van der Waals surface area contributed by atoms with Gasteiger partial charge in [-0.05, 0) is 0 Å². The summed E-state index contributed by atoms with van der Waals surface area (Å²) in [6.07, 6.45) is 0. The average Bonchev–Trinajstić information content (AvgIpc) is 3.06. The Balaban J connectivity index is 1.96. The van der Waals surface area contributed by atoms with Gasteiger partial charge >= 0.3 is 0 Å². The zero-order valence-corrected chi connectivity index (χ0v) is 14.2. The number of nitrogens with zero attached hydrogens (tertiary/aromatic N) is 3. The highest BCUT2D eigenvalue weighted by Crippen LogP contribution is 2.35. The van der Waals surface area contributed by atoms with Crippen LogP contribution in [0.3, 0.4) is 0 Å². The molecule has 6 heteroatoms. The zero-order valence-electron chi connectivity index (χ0n) is 14.2. The molecule has 1 aromatic heterocycles. The predicted molar refractivity (Wildman–Crippen MR) is 102 cm³/mol. The maximum Gasteiger partial charge on any atom is 0.270 e. The normalized spacial score (nSPS) is 10.7. The minimum atomic E-state index is -0.468. The van der Waals surface area contributed by atoms with Crippen molar-refractivity contribution in [2.45, 2.75) is 0 Å². The Morgan fingerprint density at radius 1 is 0.815 bits per heavy atom. The molecule has 4 aromatic rings. The number of hydrogen-bond acceptors (Lipinski definition) is 4. The van der Waals surface area contributed by atoms with Crippen molar-refractivity contribution in [1.82, 2.24) is 9.71 Å². The lowest BCUT2D eigenvalue weighted by atomic mass is 10.1. The lowest BCUT2D eigenvalue weighted by Crippen LogP contribution is -1.98. The summed E-state index contributed by atoms with van der Waals surface area (Å²) in [5, 5.41) is 22.0. The summed E-state index contributed by atoms with van der Waals surface area (Å²) in [5.74, 6) is 0.247. The highest BCUT2D eigenvalue weighted by Gasteiger charge is 2.21. The molecular weight excluding hydrogens is 342 g/mol. The minimum Gasteiger partial charge on any atom is -0.426 e. The summed E-state index contributed by atoms with van der Waals surface area (Å²) in [5.41, 5.74) is 3.18. The van der Waals surface area contributed by atoms with Crippen LogP contribution >= 0.6 is 0 Å². The van der Waals surface area contributed by atoms with Crippen molar-refractivity contribution in [3.63, 3.8) is 0 Å². The monoisotopic (exact) mass is 357 g/mol. The molecular formula is C21H15N3O3. The molecule has 132 valence electrons. The number of nitro benzene ring substituents is 1. The lowest BCUT2D eigenvalue weighted by Gasteiger charge is -2.06. The van der Waals surface area contributed by atoms with E-state index in [-0.39, 0.29) is 11.5 Å². The molecule has 27 heavy (non-hydrogen) atoms. The third kappa shape index (κ3) is 3.04. The van der Waals surface area contributed by atoms with E-state index in [1.54, 1.807) is 12.1 Å². The molecule has 0 unspecified atom stereocenters. The summed E-state index contributed by atoms with van der Waals surface area (Å²) in [4.78, 5) is 15.2. The van der Waals surface area contributed by atoms with E-state index in [0.717, 1.165) is 15.9 Å². The highest BCUT2D eigenvalue weighted by molar-refractivity contribution is 5.82. The van der Waals surface area contributed by atoms with Gasteiger partial charge in [-0.2, -0.15) is 4.73 Å². The summed E-state index contributed by atoms with van der Waals surface area (Å²) >= 11 is 0. The Bertz CT molecular complexity index is 1110. The number of nitro groups is 1. The second-order valence-electron chi connectivity index (χ2n) is 5.98. The molecule has 6 nitrogen and oxygen atoms in total.